The van der Waals surface area contributed by atoms with Gasteiger partial charge in [0, 0.05) is 4.47 Å². The molecule has 1 nitrogen and oxygen atoms in total. The highest BCUT2D eigenvalue weighted by Crippen LogP contribution is 2.37. The van der Waals surface area contributed by atoms with E-state index < -0.39 is 0 Å². The van der Waals surface area contributed by atoms with Crippen molar-refractivity contribution >= 4 is 27.5 Å². The molecule has 1 atom stereocenters. The van der Waals surface area contributed by atoms with Crippen LogP contribution in [0.1, 0.15) is 47.9 Å². The largest absolute Gasteiger partial charge is 0.309 e. The number of hydrogen-bond acceptors (Lipinski definition) is 1. The van der Waals surface area contributed by atoms with Gasteiger partial charge < -0.3 is 5.32 Å². The van der Waals surface area contributed by atoms with Gasteiger partial charge in [0.05, 0.1) is 11.1 Å². The van der Waals surface area contributed by atoms with E-state index in [9.17, 15) is 0 Å². The Kier molecular flexibility index (Phi) is 4.68. The van der Waals surface area contributed by atoms with Gasteiger partial charge in [-0.15, -0.1) is 0 Å². The van der Waals surface area contributed by atoms with Gasteiger partial charge in [0.2, 0.25) is 0 Å². The average molecular weight is 365 g/mol. The molecule has 1 aliphatic carbocycles. The van der Waals surface area contributed by atoms with E-state index in [0.29, 0.717) is 0 Å². The molecule has 0 saturated heterocycles. The van der Waals surface area contributed by atoms with Crippen LogP contribution in [0.3, 0.4) is 0 Å². The first-order valence-electron chi connectivity index (χ1n) is 7.41. The van der Waals surface area contributed by atoms with Crippen LogP contribution >= 0.6 is 27.5 Å². The fourth-order valence-electron chi connectivity index (χ4n) is 2.92. The van der Waals surface area contributed by atoms with Crippen LogP contribution < -0.4 is 5.32 Å². The molecule has 0 spiro atoms. The van der Waals surface area contributed by atoms with Crippen LogP contribution in [0.15, 0.2) is 46.9 Å². The third kappa shape index (κ3) is 3.18. The molecule has 1 unspecified atom stereocenters. The first-order chi connectivity index (χ1) is 10.2. The average Bonchev–Trinajstić information content (AvgIpc) is 2.43. The van der Waals surface area contributed by atoms with Gasteiger partial charge in [-0.05, 0) is 70.6 Å². The van der Waals surface area contributed by atoms with Crippen LogP contribution in [0.5, 0.6) is 0 Å². The first kappa shape index (κ1) is 15.1. The van der Waals surface area contributed by atoms with E-state index in [-0.39, 0.29) is 6.04 Å². The normalized spacial score (nSPS) is 16.5. The van der Waals surface area contributed by atoms with Crippen molar-refractivity contribution in [3.63, 3.8) is 0 Å². The van der Waals surface area contributed by atoms with E-state index in [4.69, 9.17) is 11.6 Å². The number of halogens is 2. The molecule has 0 aliphatic heterocycles. The van der Waals surface area contributed by atoms with Crippen LogP contribution in [0.2, 0.25) is 5.02 Å². The molecule has 0 bridgehead atoms. The molecule has 21 heavy (non-hydrogen) atoms. The van der Waals surface area contributed by atoms with E-state index in [2.05, 4.69) is 57.6 Å². The van der Waals surface area contributed by atoms with Crippen molar-refractivity contribution in [2.45, 2.75) is 31.2 Å². The third-order valence-corrected chi connectivity index (χ3v) is 5.63. The van der Waals surface area contributed by atoms with Crippen molar-refractivity contribution < 1.29 is 0 Å². The van der Waals surface area contributed by atoms with Gasteiger partial charge in [0.15, 0.2) is 0 Å². The smallest absolute Gasteiger partial charge is 0.0574 e. The number of rotatable bonds is 4. The van der Waals surface area contributed by atoms with Gasteiger partial charge in [-0.2, -0.15) is 0 Å². The summed E-state index contributed by atoms with van der Waals surface area (Å²) in [6.45, 7) is 0. The van der Waals surface area contributed by atoms with E-state index in [1.54, 1.807) is 0 Å². The minimum atomic E-state index is 0.189. The maximum Gasteiger partial charge on any atom is 0.0574 e. The summed E-state index contributed by atoms with van der Waals surface area (Å²) in [5.41, 5.74) is 3.98. The third-order valence-electron chi connectivity index (χ3n) is 4.41. The van der Waals surface area contributed by atoms with Gasteiger partial charge in [0.1, 0.15) is 0 Å². The van der Waals surface area contributed by atoms with Gasteiger partial charge in [-0.25, -0.2) is 0 Å². The minimum Gasteiger partial charge on any atom is -0.309 e. The zero-order chi connectivity index (χ0) is 14.8. The summed E-state index contributed by atoms with van der Waals surface area (Å²) < 4.78 is 0.938. The van der Waals surface area contributed by atoms with Crippen molar-refractivity contribution in [2.75, 3.05) is 7.05 Å². The Balaban J connectivity index is 1.86. The molecule has 2 aromatic rings. The topological polar surface area (TPSA) is 12.0 Å². The highest BCUT2D eigenvalue weighted by molar-refractivity contribution is 9.10. The van der Waals surface area contributed by atoms with Crippen molar-refractivity contribution in [1.29, 1.82) is 0 Å². The molecule has 110 valence electrons. The van der Waals surface area contributed by atoms with Gasteiger partial charge >= 0.3 is 0 Å². The first-order valence-corrected chi connectivity index (χ1v) is 8.58. The lowest BCUT2D eigenvalue weighted by Crippen LogP contribution is -2.18. The molecule has 1 N–H and O–H groups in total. The SMILES string of the molecule is CNC(c1ccc(C2CCC2)cc1)c1ccc(Cl)c(Br)c1. The zero-order valence-corrected chi connectivity index (χ0v) is 14.4. The Labute approximate surface area is 139 Å². The summed E-state index contributed by atoms with van der Waals surface area (Å²) in [6.07, 6.45) is 4.07. The second-order valence-electron chi connectivity index (χ2n) is 5.69. The lowest BCUT2D eigenvalue weighted by atomic mass is 9.79. The van der Waals surface area contributed by atoms with Crippen molar-refractivity contribution in [2.24, 2.45) is 0 Å². The van der Waals surface area contributed by atoms with E-state index in [0.717, 1.165) is 15.4 Å². The Bertz CT molecular complexity index is 620. The van der Waals surface area contributed by atoms with Crippen molar-refractivity contribution in [3.05, 3.63) is 68.7 Å². The molecule has 1 saturated carbocycles. The maximum atomic E-state index is 6.09. The fraction of sp³-hybridized carbons (Fsp3) is 0.333. The van der Waals surface area contributed by atoms with Crippen molar-refractivity contribution in [3.8, 4) is 0 Å². The Morgan fingerprint density at radius 1 is 1.10 bits per heavy atom. The molecule has 0 radical (unpaired) electrons. The molecule has 3 rings (SSSR count). The quantitative estimate of drug-likeness (QED) is 0.736. The molecular formula is C18H19BrClN. The van der Waals surface area contributed by atoms with Crippen LogP contribution in [-0.4, -0.2) is 7.05 Å². The van der Waals surface area contributed by atoms with E-state index in [1.165, 1.54) is 36.0 Å². The Hall–Kier alpha value is -0.830. The standard InChI is InChI=1S/C18H19BrClN/c1-21-18(15-9-10-17(20)16(19)11-15)14-7-5-13(6-8-14)12-3-2-4-12/h5-12,18,21H,2-4H2,1H3. The highest BCUT2D eigenvalue weighted by Gasteiger charge is 2.20. The van der Waals surface area contributed by atoms with Gasteiger partial charge in [-0.3, -0.25) is 0 Å². The van der Waals surface area contributed by atoms with Gasteiger partial charge in [0.25, 0.3) is 0 Å². The van der Waals surface area contributed by atoms with E-state index in [1.807, 2.05) is 13.1 Å². The van der Waals surface area contributed by atoms with Crippen LogP contribution in [0.25, 0.3) is 0 Å². The van der Waals surface area contributed by atoms with Crippen LogP contribution in [0.4, 0.5) is 0 Å². The highest BCUT2D eigenvalue weighted by atomic mass is 79.9. The molecular weight excluding hydrogens is 346 g/mol. The predicted octanol–water partition coefficient (Wildman–Crippen LogP) is 5.68. The molecule has 0 aromatic heterocycles. The number of hydrogen-bond donors (Lipinski definition) is 1. The maximum absolute atomic E-state index is 6.09. The fourth-order valence-corrected chi connectivity index (χ4v) is 3.43. The predicted molar refractivity (Wildman–Crippen MR) is 93.1 cm³/mol. The molecule has 0 amide bonds. The molecule has 0 heterocycles. The summed E-state index contributed by atoms with van der Waals surface area (Å²) >= 11 is 9.59. The second kappa shape index (κ2) is 6.51. The number of benzene rings is 2. The monoisotopic (exact) mass is 363 g/mol. The molecule has 2 aromatic carbocycles. The summed E-state index contributed by atoms with van der Waals surface area (Å²) in [5.74, 6) is 0.789. The second-order valence-corrected chi connectivity index (χ2v) is 6.95. The molecule has 3 heteroatoms. The molecule has 1 fully saturated rings. The number of nitrogens with one attached hydrogen (secondary N) is 1. The summed E-state index contributed by atoms with van der Waals surface area (Å²) in [7, 11) is 1.99. The zero-order valence-electron chi connectivity index (χ0n) is 12.1. The van der Waals surface area contributed by atoms with Crippen LogP contribution in [0, 0.1) is 0 Å². The Morgan fingerprint density at radius 3 is 2.29 bits per heavy atom. The summed E-state index contributed by atoms with van der Waals surface area (Å²) in [4.78, 5) is 0. The van der Waals surface area contributed by atoms with Crippen LogP contribution in [-0.2, 0) is 0 Å². The van der Waals surface area contributed by atoms with Crippen molar-refractivity contribution in [1.82, 2.24) is 5.32 Å². The van der Waals surface area contributed by atoms with E-state index >= 15 is 0 Å². The summed E-state index contributed by atoms with van der Waals surface area (Å²) in [5, 5.41) is 4.14. The Morgan fingerprint density at radius 2 is 1.76 bits per heavy atom. The minimum absolute atomic E-state index is 0.189. The lowest BCUT2D eigenvalue weighted by Gasteiger charge is -2.26. The summed E-state index contributed by atoms with van der Waals surface area (Å²) in [6, 6.07) is 15.4. The lowest BCUT2D eigenvalue weighted by molar-refractivity contribution is 0.419. The molecule has 1 aliphatic rings. The van der Waals surface area contributed by atoms with Gasteiger partial charge in [-0.1, -0.05) is 48.4 Å².